The van der Waals surface area contributed by atoms with E-state index < -0.39 is 0 Å². The predicted octanol–water partition coefficient (Wildman–Crippen LogP) is 3.68. The third kappa shape index (κ3) is 5.00. The number of aromatic hydroxyl groups is 2. The molecule has 0 fully saturated rings. The first-order valence-corrected chi connectivity index (χ1v) is 7.86. The van der Waals surface area contributed by atoms with E-state index in [9.17, 15) is 19.8 Å². The number of methoxy groups -OCH3 is 2. The van der Waals surface area contributed by atoms with Gasteiger partial charge in [0.1, 0.15) is 12.6 Å². The minimum atomic E-state index is -0.148. The molecule has 128 valence electrons. The van der Waals surface area contributed by atoms with Crippen LogP contribution >= 0.6 is 34.2 Å². The number of halogens is 2. The van der Waals surface area contributed by atoms with Gasteiger partial charge in [-0.2, -0.15) is 0 Å². The van der Waals surface area contributed by atoms with E-state index in [0.717, 1.165) is 0 Å². The van der Waals surface area contributed by atoms with Gasteiger partial charge in [-0.25, -0.2) is 0 Å². The zero-order chi connectivity index (χ0) is 18.3. The van der Waals surface area contributed by atoms with Crippen molar-refractivity contribution in [2.75, 3.05) is 14.2 Å². The van der Waals surface area contributed by atoms with Gasteiger partial charge in [-0.1, -0.05) is 11.6 Å². The highest BCUT2D eigenvalue weighted by molar-refractivity contribution is 14.1. The Kier molecular flexibility index (Phi) is 7.80. The van der Waals surface area contributed by atoms with Gasteiger partial charge in [0.05, 0.1) is 22.8 Å². The molecule has 6 nitrogen and oxygen atoms in total. The number of rotatable bonds is 4. The average molecular weight is 465 g/mol. The number of carbonyl (C=O) groups is 2. The molecule has 8 heteroatoms. The maximum absolute atomic E-state index is 10.4. The summed E-state index contributed by atoms with van der Waals surface area (Å²) in [6, 6.07) is 5.86. The fourth-order valence-electron chi connectivity index (χ4n) is 1.63. The topological polar surface area (TPSA) is 93.1 Å². The van der Waals surface area contributed by atoms with Crippen LogP contribution in [-0.4, -0.2) is 37.0 Å². The molecule has 2 rings (SSSR count). The van der Waals surface area contributed by atoms with E-state index in [4.69, 9.17) is 21.1 Å². The second-order valence-corrected chi connectivity index (χ2v) is 5.91. The van der Waals surface area contributed by atoms with E-state index in [0.29, 0.717) is 33.0 Å². The number of benzene rings is 2. The average Bonchev–Trinajstić information content (AvgIpc) is 2.59. The van der Waals surface area contributed by atoms with E-state index in [1.165, 1.54) is 32.4 Å². The summed E-state index contributed by atoms with van der Waals surface area (Å²) in [6.07, 6.45) is 1.35. The molecular weight excluding hydrogens is 451 g/mol. The monoisotopic (exact) mass is 464 g/mol. The fourth-order valence-corrected chi connectivity index (χ4v) is 2.48. The smallest absolute Gasteiger partial charge is 0.176 e. The largest absolute Gasteiger partial charge is 0.504 e. The molecule has 0 aromatic heterocycles. The molecule has 2 aromatic carbocycles. The molecule has 24 heavy (non-hydrogen) atoms. The predicted molar refractivity (Wildman–Crippen MR) is 97.8 cm³/mol. The van der Waals surface area contributed by atoms with Gasteiger partial charge in [0.2, 0.25) is 0 Å². The van der Waals surface area contributed by atoms with Crippen LogP contribution in [0.3, 0.4) is 0 Å². The Bertz CT molecular complexity index is 684. The van der Waals surface area contributed by atoms with Crippen molar-refractivity contribution in [2.24, 2.45) is 0 Å². The lowest BCUT2D eigenvalue weighted by Crippen LogP contribution is -1.89. The number of hydrogen-bond donors (Lipinski definition) is 2. The molecule has 0 amide bonds. The summed E-state index contributed by atoms with van der Waals surface area (Å²) >= 11 is 7.52. The first kappa shape index (κ1) is 20.0. The molecular formula is C16H14ClIO6. The Balaban J connectivity index is 0.000000240. The summed E-state index contributed by atoms with van der Waals surface area (Å²) in [7, 11) is 2.83. The standard InChI is InChI=1S/C8H7ClO3.C8H7IO3/c2*1-12-7-3-5(4-10)2-6(9)8(7)11/h2*2-4,11H,1H3. The van der Waals surface area contributed by atoms with Gasteiger partial charge in [-0.15, -0.1) is 0 Å². The van der Waals surface area contributed by atoms with Crippen molar-refractivity contribution in [2.45, 2.75) is 0 Å². The summed E-state index contributed by atoms with van der Waals surface area (Å²) in [4.78, 5) is 20.7. The molecule has 0 saturated carbocycles. The molecule has 0 atom stereocenters. The van der Waals surface area contributed by atoms with Crippen LogP contribution in [0.1, 0.15) is 20.7 Å². The van der Waals surface area contributed by atoms with Crippen molar-refractivity contribution >= 4 is 46.8 Å². The molecule has 0 spiro atoms. The van der Waals surface area contributed by atoms with Crippen molar-refractivity contribution in [1.82, 2.24) is 0 Å². The fraction of sp³-hybridized carbons (Fsp3) is 0.125. The zero-order valence-corrected chi connectivity index (χ0v) is 15.7. The Morgan fingerprint density at radius 1 is 0.917 bits per heavy atom. The summed E-state index contributed by atoms with van der Waals surface area (Å²) in [5.41, 5.74) is 0.865. The van der Waals surface area contributed by atoms with Gasteiger partial charge in [0.15, 0.2) is 23.0 Å². The highest BCUT2D eigenvalue weighted by Gasteiger charge is 2.08. The van der Waals surface area contributed by atoms with Crippen LogP contribution in [0.5, 0.6) is 23.0 Å². The first-order chi connectivity index (χ1) is 11.4. The highest BCUT2D eigenvalue weighted by Crippen LogP contribution is 2.34. The number of carbonyl (C=O) groups excluding carboxylic acids is 2. The van der Waals surface area contributed by atoms with Crippen LogP contribution < -0.4 is 9.47 Å². The molecule has 0 radical (unpaired) electrons. The molecule has 0 aliphatic heterocycles. The quantitative estimate of drug-likeness (QED) is 0.530. The molecule has 0 heterocycles. The normalized spacial score (nSPS) is 9.50. The van der Waals surface area contributed by atoms with E-state index >= 15 is 0 Å². The first-order valence-electron chi connectivity index (χ1n) is 6.41. The highest BCUT2D eigenvalue weighted by atomic mass is 127. The van der Waals surface area contributed by atoms with E-state index in [2.05, 4.69) is 0 Å². The second-order valence-electron chi connectivity index (χ2n) is 4.34. The molecule has 0 aliphatic carbocycles. The van der Waals surface area contributed by atoms with Crippen molar-refractivity contribution < 1.29 is 29.3 Å². The van der Waals surface area contributed by atoms with Crippen LogP contribution in [0, 0.1) is 3.57 Å². The molecule has 2 N–H and O–H groups in total. The number of phenols is 2. The number of aldehydes is 2. The SMILES string of the molecule is COc1cc(C=O)cc(Cl)c1O.COc1cc(C=O)cc(I)c1O. The van der Waals surface area contributed by atoms with Gasteiger partial charge in [-0.3, -0.25) is 9.59 Å². The molecule has 0 aliphatic rings. The third-order valence-electron chi connectivity index (χ3n) is 2.81. The molecule has 0 bridgehead atoms. The van der Waals surface area contributed by atoms with Gasteiger partial charge >= 0.3 is 0 Å². The Morgan fingerprint density at radius 3 is 1.83 bits per heavy atom. The van der Waals surface area contributed by atoms with Crippen molar-refractivity contribution in [3.05, 3.63) is 44.0 Å². The molecule has 0 saturated heterocycles. The van der Waals surface area contributed by atoms with Gasteiger partial charge in [-0.05, 0) is 46.9 Å². The number of phenolic OH excluding ortho intramolecular Hbond substituents is 2. The van der Waals surface area contributed by atoms with E-state index in [-0.39, 0.29) is 22.3 Å². The lowest BCUT2D eigenvalue weighted by molar-refractivity contribution is 0.111. The van der Waals surface area contributed by atoms with Crippen molar-refractivity contribution in [3.8, 4) is 23.0 Å². The van der Waals surface area contributed by atoms with Crippen LogP contribution in [0.4, 0.5) is 0 Å². The van der Waals surface area contributed by atoms with Crippen molar-refractivity contribution in [3.63, 3.8) is 0 Å². The van der Waals surface area contributed by atoms with E-state index in [1.807, 2.05) is 22.6 Å². The Hall–Kier alpha value is -2.00. The van der Waals surface area contributed by atoms with Crippen LogP contribution in [0.25, 0.3) is 0 Å². The molecule has 2 aromatic rings. The zero-order valence-electron chi connectivity index (χ0n) is 12.7. The maximum Gasteiger partial charge on any atom is 0.176 e. The summed E-state index contributed by atoms with van der Waals surface area (Å²) in [6.45, 7) is 0. The summed E-state index contributed by atoms with van der Waals surface area (Å²) < 4.78 is 10.2. The van der Waals surface area contributed by atoms with Crippen LogP contribution in [0.15, 0.2) is 24.3 Å². The lowest BCUT2D eigenvalue weighted by Gasteiger charge is -2.05. The number of ether oxygens (including phenoxy) is 2. The Morgan fingerprint density at radius 2 is 1.38 bits per heavy atom. The van der Waals surface area contributed by atoms with E-state index in [1.54, 1.807) is 6.07 Å². The Labute approximate surface area is 157 Å². The van der Waals surface area contributed by atoms with Gasteiger partial charge in [0.25, 0.3) is 0 Å². The van der Waals surface area contributed by atoms with Gasteiger partial charge < -0.3 is 19.7 Å². The molecule has 0 unspecified atom stereocenters. The summed E-state index contributed by atoms with van der Waals surface area (Å²) in [5.74, 6) is 0.446. The van der Waals surface area contributed by atoms with Crippen LogP contribution in [-0.2, 0) is 0 Å². The maximum atomic E-state index is 10.4. The van der Waals surface area contributed by atoms with Gasteiger partial charge in [0, 0.05) is 11.1 Å². The van der Waals surface area contributed by atoms with Crippen LogP contribution in [0.2, 0.25) is 5.02 Å². The number of hydrogen-bond acceptors (Lipinski definition) is 6. The second kappa shape index (κ2) is 9.33. The van der Waals surface area contributed by atoms with Crippen molar-refractivity contribution in [1.29, 1.82) is 0 Å². The minimum Gasteiger partial charge on any atom is -0.504 e. The lowest BCUT2D eigenvalue weighted by atomic mass is 10.2. The minimum absolute atomic E-state index is 0.0729. The third-order valence-corrected chi connectivity index (χ3v) is 3.92. The summed E-state index contributed by atoms with van der Waals surface area (Å²) in [5, 5.41) is 18.7.